The van der Waals surface area contributed by atoms with Crippen LogP contribution in [0.5, 0.6) is 0 Å². The van der Waals surface area contributed by atoms with Crippen LogP contribution in [-0.2, 0) is 10.0 Å². The van der Waals surface area contributed by atoms with Gasteiger partial charge >= 0.3 is 5.69 Å². The molecule has 1 atom stereocenters. The zero-order chi connectivity index (χ0) is 13.8. The molecular weight excluding hydrogens is 262 g/mol. The molecule has 1 heterocycles. The molecule has 1 aromatic heterocycles. The van der Waals surface area contributed by atoms with Crippen LogP contribution in [0.1, 0.15) is 19.8 Å². The van der Waals surface area contributed by atoms with Gasteiger partial charge in [0.2, 0.25) is 10.0 Å². The first-order chi connectivity index (χ1) is 8.40. The van der Waals surface area contributed by atoms with Crippen LogP contribution in [0.25, 0.3) is 0 Å². The van der Waals surface area contributed by atoms with Crippen LogP contribution in [0.2, 0.25) is 0 Å². The summed E-state index contributed by atoms with van der Waals surface area (Å²) in [5.41, 5.74) is -1.76. The highest BCUT2D eigenvalue weighted by Crippen LogP contribution is 2.04. The molecule has 0 amide bonds. The third-order valence-corrected chi connectivity index (χ3v) is 3.89. The van der Waals surface area contributed by atoms with Crippen molar-refractivity contribution in [2.75, 3.05) is 6.61 Å². The Balaban J connectivity index is 3.06. The third-order valence-electron chi connectivity index (χ3n) is 2.37. The summed E-state index contributed by atoms with van der Waals surface area (Å²) >= 11 is 0. The molecule has 8 nitrogen and oxygen atoms in total. The summed E-state index contributed by atoms with van der Waals surface area (Å²) in [5, 5.41) is 8.78. The smallest absolute Gasteiger partial charge is 0.325 e. The highest BCUT2D eigenvalue weighted by atomic mass is 32.2. The molecule has 0 aliphatic rings. The predicted octanol–water partition coefficient (Wildman–Crippen LogP) is -1.50. The molecule has 0 saturated heterocycles. The zero-order valence-corrected chi connectivity index (χ0v) is 10.6. The maximum Gasteiger partial charge on any atom is 0.325 e. The Morgan fingerprint density at radius 2 is 2.11 bits per heavy atom. The fraction of sp³-hybridized carbons (Fsp3) is 0.556. The summed E-state index contributed by atoms with van der Waals surface area (Å²) in [4.78, 5) is 25.5. The molecule has 0 aromatic carbocycles. The van der Waals surface area contributed by atoms with Crippen molar-refractivity contribution in [2.45, 2.75) is 30.7 Å². The number of nitrogens with one attached hydrogen (secondary N) is 3. The lowest BCUT2D eigenvalue weighted by molar-refractivity contribution is 0.270. The Kier molecular flexibility index (Phi) is 4.82. The second-order valence-electron chi connectivity index (χ2n) is 3.67. The van der Waals surface area contributed by atoms with Crippen LogP contribution >= 0.6 is 0 Å². The van der Waals surface area contributed by atoms with Gasteiger partial charge in [-0.05, 0) is 12.8 Å². The van der Waals surface area contributed by atoms with E-state index in [0.29, 0.717) is 6.42 Å². The topological polar surface area (TPSA) is 132 Å². The Bertz CT molecular complexity index is 603. The van der Waals surface area contributed by atoms with E-state index in [9.17, 15) is 18.0 Å². The molecule has 0 radical (unpaired) electrons. The lowest BCUT2D eigenvalue weighted by Crippen LogP contribution is -2.39. The summed E-state index contributed by atoms with van der Waals surface area (Å²) in [6, 6.07) is -0.466. The minimum atomic E-state index is -4.02. The van der Waals surface area contributed by atoms with Crippen molar-refractivity contribution >= 4 is 10.0 Å². The lowest BCUT2D eigenvalue weighted by atomic mass is 10.2. The summed E-state index contributed by atoms with van der Waals surface area (Å²) in [7, 11) is -4.02. The molecule has 0 aliphatic carbocycles. The summed E-state index contributed by atoms with van der Waals surface area (Å²) < 4.78 is 26.0. The first-order valence-corrected chi connectivity index (χ1v) is 6.84. The maximum absolute atomic E-state index is 11.9. The van der Waals surface area contributed by atoms with E-state index in [4.69, 9.17) is 5.11 Å². The summed E-state index contributed by atoms with van der Waals surface area (Å²) in [6.07, 6.45) is 1.56. The number of aromatic nitrogens is 2. The molecule has 0 saturated carbocycles. The van der Waals surface area contributed by atoms with E-state index in [-0.39, 0.29) is 13.0 Å². The molecule has 1 rings (SSSR count). The van der Waals surface area contributed by atoms with Gasteiger partial charge in [0.15, 0.2) is 4.90 Å². The van der Waals surface area contributed by atoms with Crippen molar-refractivity contribution in [1.82, 2.24) is 14.7 Å². The van der Waals surface area contributed by atoms with Crippen molar-refractivity contribution in [3.63, 3.8) is 0 Å². The molecule has 18 heavy (non-hydrogen) atoms. The van der Waals surface area contributed by atoms with Crippen molar-refractivity contribution < 1.29 is 13.5 Å². The van der Waals surface area contributed by atoms with Crippen molar-refractivity contribution in [3.8, 4) is 0 Å². The van der Waals surface area contributed by atoms with E-state index in [1.165, 1.54) is 0 Å². The first-order valence-electron chi connectivity index (χ1n) is 5.36. The van der Waals surface area contributed by atoms with Crippen LogP contribution in [-0.4, -0.2) is 36.1 Å². The fourth-order valence-electron chi connectivity index (χ4n) is 1.38. The van der Waals surface area contributed by atoms with Crippen LogP contribution in [0.15, 0.2) is 20.7 Å². The van der Waals surface area contributed by atoms with Crippen molar-refractivity contribution in [2.24, 2.45) is 0 Å². The molecule has 102 valence electrons. The van der Waals surface area contributed by atoms with Crippen LogP contribution < -0.4 is 16.0 Å². The largest absolute Gasteiger partial charge is 0.396 e. The molecule has 0 aliphatic heterocycles. The Hall–Kier alpha value is -1.45. The van der Waals surface area contributed by atoms with E-state index >= 15 is 0 Å². The Morgan fingerprint density at radius 1 is 1.44 bits per heavy atom. The van der Waals surface area contributed by atoms with E-state index in [2.05, 4.69) is 9.71 Å². The van der Waals surface area contributed by atoms with Gasteiger partial charge < -0.3 is 10.1 Å². The molecule has 0 fully saturated rings. The Morgan fingerprint density at radius 3 is 2.61 bits per heavy atom. The standard InChI is InChI=1S/C9H15N3O5S/c1-2-6(3-4-13)12-18(16,17)7-5-10-9(15)11-8(7)14/h5-6,12-13H,2-4H2,1H3,(H2,10,11,14,15). The van der Waals surface area contributed by atoms with Crippen LogP contribution in [0, 0.1) is 0 Å². The molecule has 4 N–H and O–H groups in total. The predicted molar refractivity (Wildman–Crippen MR) is 63.8 cm³/mol. The van der Waals surface area contributed by atoms with Gasteiger partial charge in [0.05, 0.1) is 0 Å². The number of H-pyrrole nitrogens is 2. The summed E-state index contributed by atoms with van der Waals surface area (Å²) in [6.45, 7) is 1.59. The van der Waals surface area contributed by atoms with E-state index in [1.807, 2.05) is 4.98 Å². The molecule has 1 unspecified atom stereocenters. The van der Waals surface area contributed by atoms with Gasteiger partial charge in [0, 0.05) is 18.8 Å². The number of aliphatic hydroxyl groups is 1. The Labute approximate surface area is 103 Å². The minimum Gasteiger partial charge on any atom is -0.396 e. The number of sulfonamides is 1. The van der Waals surface area contributed by atoms with Gasteiger partial charge in [-0.3, -0.25) is 9.78 Å². The monoisotopic (exact) mass is 277 g/mol. The van der Waals surface area contributed by atoms with E-state index in [0.717, 1.165) is 6.20 Å². The summed E-state index contributed by atoms with van der Waals surface area (Å²) in [5.74, 6) is 0. The molecule has 1 aromatic rings. The highest BCUT2D eigenvalue weighted by Gasteiger charge is 2.22. The van der Waals surface area contributed by atoms with Gasteiger partial charge in [-0.15, -0.1) is 0 Å². The quantitative estimate of drug-likeness (QED) is 0.502. The second kappa shape index (κ2) is 5.94. The first kappa shape index (κ1) is 14.6. The highest BCUT2D eigenvalue weighted by molar-refractivity contribution is 7.89. The number of hydrogen-bond acceptors (Lipinski definition) is 5. The minimum absolute atomic E-state index is 0.164. The van der Waals surface area contributed by atoms with Crippen LogP contribution in [0.4, 0.5) is 0 Å². The molecule has 9 heteroatoms. The van der Waals surface area contributed by atoms with Crippen molar-refractivity contribution in [1.29, 1.82) is 0 Å². The average Bonchev–Trinajstić information content (AvgIpc) is 2.27. The van der Waals surface area contributed by atoms with Crippen LogP contribution in [0.3, 0.4) is 0 Å². The third kappa shape index (κ3) is 3.52. The number of aliphatic hydroxyl groups excluding tert-OH is 1. The second-order valence-corrected chi connectivity index (χ2v) is 5.36. The molecule has 0 spiro atoms. The zero-order valence-electron chi connectivity index (χ0n) is 9.76. The average molecular weight is 277 g/mol. The fourth-order valence-corrected chi connectivity index (χ4v) is 2.74. The molecular formula is C9H15N3O5S. The van der Waals surface area contributed by atoms with Gasteiger partial charge in [0.25, 0.3) is 5.56 Å². The number of hydrogen-bond donors (Lipinski definition) is 4. The van der Waals surface area contributed by atoms with Crippen molar-refractivity contribution in [3.05, 3.63) is 27.0 Å². The van der Waals surface area contributed by atoms with E-state index < -0.39 is 32.2 Å². The molecule has 0 bridgehead atoms. The maximum atomic E-state index is 11.9. The van der Waals surface area contributed by atoms with E-state index in [1.54, 1.807) is 6.92 Å². The SMILES string of the molecule is CCC(CCO)NS(=O)(=O)c1c[nH]c(=O)[nH]c1=O. The lowest BCUT2D eigenvalue weighted by Gasteiger charge is -2.15. The number of aromatic amines is 2. The normalized spacial score (nSPS) is 13.4. The number of rotatable bonds is 6. The van der Waals surface area contributed by atoms with Gasteiger partial charge in [-0.2, -0.15) is 0 Å². The van der Waals surface area contributed by atoms with Gasteiger partial charge in [-0.25, -0.2) is 17.9 Å². The van der Waals surface area contributed by atoms with Gasteiger partial charge in [0.1, 0.15) is 0 Å². The van der Waals surface area contributed by atoms with Gasteiger partial charge in [-0.1, -0.05) is 6.92 Å².